The molecular weight excluding hydrogens is 227 g/mol. The summed E-state index contributed by atoms with van der Waals surface area (Å²) in [5.74, 6) is -1.24. The monoisotopic (exact) mass is 240 g/mol. The molecule has 0 amide bonds. The van der Waals surface area contributed by atoms with E-state index in [-0.39, 0.29) is 11.8 Å². The number of aromatic hydroxyl groups is 1. The molecule has 0 spiro atoms. The van der Waals surface area contributed by atoms with E-state index in [2.05, 4.69) is 5.32 Å². The predicted octanol–water partition coefficient (Wildman–Crippen LogP) is 2.25. The fourth-order valence-electron chi connectivity index (χ4n) is 2.10. The van der Waals surface area contributed by atoms with Crippen LogP contribution in [0, 0.1) is 15.9 Å². The molecule has 2 rings (SSSR count). The zero-order valence-electron chi connectivity index (χ0n) is 9.15. The SMILES string of the molecule is O=[N+]([O-])c1cc(C2CCCCN2)c(O)cc1F. The van der Waals surface area contributed by atoms with E-state index in [0.717, 1.165) is 37.9 Å². The lowest BCUT2D eigenvalue weighted by atomic mass is 9.96. The van der Waals surface area contributed by atoms with Gasteiger partial charge in [-0.2, -0.15) is 4.39 Å². The van der Waals surface area contributed by atoms with Gasteiger partial charge in [-0.05, 0) is 19.4 Å². The molecule has 1 fully saturated rings. The number of halogens is 1. The molecule has 0 saturated carbocycles. The van der Waals surface area contributed by atoms with Crippen molar-refractivity contribution in [1.29, 1.82) is 0 Å². The van der Waals surface area contributed by atoms with Gasteiger partial charge in [0.25, 0.3) is 0 Å². The van der Waals surface area contributed by atoms with E-state index in [0.29, 0.717) is 5.56 Å². The third-order valence-corrected chi connectivity index (χ3v) is 2.98. The van der Waals surface area contributed by atoms with Gasteiger partial charge in [-0.1, -0.05) is 6.42 Å². The molecule has 92 valence electrons. The lowest BCUT2D eigenvalue weighted by molar-refractivity contribution is -0.387. The number of nitro groups is 1. The summed E-state index contributed by atoms with van der Waals surface area (Å²) in [7, 11) is 0. The number of nitrogens with zero attached hydrogens (tertiary/aromatic N) is 1. The summed E-state index contributed by atoms with van der Waals surface area (Å²) in [5.41, 5.74) is -0.192. The van der Waals surface area contributed by atoms with Gasteiger partial charge in [0.05, 0.1) is 4.92 Å². The molecule has 1 heterocycles. The van der Waals surface area contributed by atoms with Gasteiger partial charge in [-0.3, -0.25) is 10.1 Å². The third-order valence-electron chi connectivity index (χ3n) is 2.98. The molecule has 0 aromatic heterocycles. The minimum Gasteiger partial charge on any atom is -0.507 e. The maximum atomic E-state index is 13.2. The van der Waals surface area contributed by atoms with Gasteiger partial charge in [-0.25, -0.2) is 0 Å². The highest BCUT2D eigenvalue weighted by Gasteiger charge is 2.24. The van der Waals surface area contributed by atoms with E-state index in [9.17, 15) is 19.6 Å². The van der Waals surface area contributed by atoms with Gasteiger partial charge < -0.3 is 10.4 Å². The number of hydrogen-bond acceptors (Lipinski definition) is 4. The van der Waals surface area contributed by atoms with Crippen molar-refractivity contribution in [3.63, 3.8) is 0 Å². The Labute approximate surface area is 97.4 Å². The summed E-state index contributed by atoms with van der Waals surface area (Å²) in [5, 5.41) is 23.4. The molecule has 17 heavy (non-hydrogen) atoms. The Hall–Kier alpha value is -1.69. The summed E-state index contributed by atoms with van der Waals surface area (Å²) in [6.07, 6.45) is 2.82. The number of nitrogens with one attached hydrogen (secondary N) is 1. The molecule has 1 aliphatic rings. The van der Waals surface area contributed by atoms with Crippen LogP contribution in [-0.2, 0) is 0 Å². The van der Waals surface area contributed by atoms with Crippen LogP contribution in [0.3, 0.4) is 0 Å². The fourth-order valence-corrected chi connectivity index (χ4v) is 2.10. The largest absolute Gasteiger partial charge is 0.507 e. The maximum absolute atomic E-state index is 13.2. The van der Waals surface area contributed by atoms with Crippen molar-refractivity contribution in [3.05, 3.63) is 33.6 Å². The van der Waals surface area contributed by atoms with Gasteiger partial charge >= 0.3 is 5.69 Å². The lowest BCUT2D eigenvalue weighted by Gasteiger charge is -2.24. The van der Waals surface area contributed by atoms with Gasteiger partial charge in [0.2, 0.25) is 5.82 Å². The Morgan fingerprint density at radius 2 is 2.24 bits per heavy atom. The number of benzene rings is 1. The average Bonchev–Trinajstić information content (AvgIpc) is 2.29. The van der Waals surface area contributed by atoms with Crippen molar-refractivity contribution >= 4 is 5.69 Å². The number of nitro benzene ring substituents is 1. The highest BCUT2D eigenvalue weighted by molar-refractivity contribution is 5.46. The maximum Gasteiger partial charge on any atom is 0.305 e. The molecule has 1 unspecified atom stereocenters. The van der Waals surface area contributed by atoms with E-state index in [1.54, 1.807) is 0 Å². The molecule has 1 aliphatic heterocycles. The fraction of sp³-hybridized carbons (Fsp3) is 0.455. The van der Waals surface area contributed by atoms with Gasteiger partial charge in [0.15, 0.2) is 0 Å². The van der Waals surface area contributed by atoms with Crippen LogP contribution in [0.4, 0.5) is 10.1 Å². The molecule has 6 heteroatoms. The summed E-state index contributed by atoms with van der Waals surface area (Å²) in [6.45, 7) is 0.801. The summed E-state index contributed by atoms with van der Waals surface area (Å²) < 4.78 is 13.2. The van der Waals surface area contributed by atoms with Crippen LogP contribution in [0.1, 0.15) is 30.9 Å². The zero-order chi connectivity index (χ0) is 12.4. The molecule has 1 aromatic carbocycles. The second-order valence-corrected chi connectivity index (χ2v) is 4.12. The molecule has 5 nitrogen and oxygen atoms in total. The quantitative estimate of drug-likeness (QED) is 0.614. The number of phenolic OH excluding ortho intramolecular Hbond substituents is 1. The minimum absolute atomic E-state index is 0.136. The first-order chi connectivity index (χ1) is 8.09. The summed E-state index contributed by atoms with van der Waals surface area (Å²) in [6, 6.07) is 1.79. The van der Waals surface area contributed by atoms with E-state index in [4.69, 9.17) is 0 Å². The second kappa shape index (κ2) is 4.67. The highest BCUT2D eigenvalue weighted by atomic mass is 19.1. The number of hydrogen-bond donors (Lipinski definition) is 2. The van der Waals surface area contributed by atoms with Crippen molar-refractivity contribution in [2.45, 2.75) is 25.3 Å². The molecule has 2 N–H and O–H groups in total. The molecule has 1 atom stereocenters. The summed E-state index contributed by atoms with van der Waals surface area (Å²) in [4.78, 5) is 9.85. The topological polar surface area (TPSA) is 75.4 Å². The van der Waals surface area contributed by atoms with E-state index in [1.165, 1.54) is 0 Å². The smallest absolute Gasteiger partial charge is 0.305 e. The number of piperidine rings is 1. The van der Waals surface area contributed by atoms with E-state index < -0.39 is 16.4 Å². The first-order valence-corrected chi connectivity index (χ1v) is 5.50. The van der Waals surface area contributed by atoms with Crippen LogP contribution < -0.4 is 5.32 Å². The van der Waals surface area contributed by atoms with Crippen LogP contribution >= 0.6 is 0 Å². The standard InChI is InChI=1S/C11H13FN2O3/c12-8-6-11(15)7(5-10(8)14(16)17)9-3-1-2-4-13-9/h5-6,9,13,15H,1-4H2. The molecule has 1 aromatic rings. The summed E-state index contributed by atoms with van der Waals surface area (Å²) >= 11 is 0. The van der Waals surface area contributed by atoms with Gasteiger partial charge in [0, 0.05) is 23.7 Å². The molecule has 0 aliphatic carbocycles. The van der Waals surface area contributed by atoms with Crippen LogP contribution in [-0.4, -0.2) is 16.6 Å². The normalized spacial score (nSPS) is 20.2. The van der Waals surface area contributed by atoms with Crippen LogP contribution in [0.2, 0.25) is 0 Å². The van der Waals surface area contributed by atoms with Crippen LogP contribution in [0.15, 0.2) is 12.1 Å². The third kappa shape index (κ3) is 2.36. The lowest BCUT2D eigenvalue weighted by Crippen LogP contribution is -2.26. The molecular formula is C11H13FN2O3. The van der Waals surface area contributed by atoms with Crippen molar-refractivity contribution in [2.75, 3.05) is 6.54 Å². The van der Waals surface area contributed by atoms with Crippen molar-refractivity contribution in [3.8, 4) is 5.75 Å². The Kier molecular flexibility index (Phi) is 3.23. The molecule has 0 bridgehead atoms. The molecule has 0 radical (unpaired) electrons. The Morgan fingerprint density at radius 3 is 2.82 bits per heavy atom. The second-order valence-electron chi connectivity index (χ2n) is 4.12. The zero-order valence-corrected chi connectivity index (χ0v) is 9.15. The van der Waals surface area contributed by atoms with Gasteiger partial charge in [-0.15, -0.1) is 0 Å². The molecule has 1 saturated heterocycles. The van der Waals surface area contributed by atoms with Crippen molar-refractivity contribution in [2.24, 2.45) is 0 Å². The van der Waals surface area contributed by atoms with E-state index >= 15 is 0 Å². The number of phenols is 1. The predicted molar refractivity (Wildman–Crippen MR) is 59.3 cm³/mol. The minimum atomic E-state index is -1.01. The first-order valence-electron chi connectivity index (χ1n) is 5.50. The average molecular weight is 240 g/mol. The van der Waals surface area contributed by atoms with Crippen LogP contribution in [0.5, 0.6) is 5.75 Å². The Balaban J connectivity index is 2.38. The Morgan fingerprint density at radius 1 is 1.47 bits per heavy atom. The number of rotatable bonds is 2. The van der Waals surface area contributed by atoms with Crippen molar-refractivity contribution in [1.82, 2.24) is 5.32 Å². The highest BCUT2D eigenvalue weighted by Crippen LogP contribution is 2.34. The first kappa shape index (κ1) is 11.8. The van der Waals surface area contributed by atoms with Gasteiger partial charge in [0.1, 0.15) is 5.75 Å². The van der Waals surface area contributed by atoms with E-state index in [1.807, 2.05) is 0 Å². The van der Waals surface area contributed by atoms with Crippen molar-refractivity contribution < 1.29 is 14.4 Å². The Bertz CT molecular complexity index is 445. The van der Waals surface area contributed by atoms with Crippen LogP contribution in [0.25, 0.3) is 0 Å².